The second-order valence-electron chi connectivity index (χ2n) is 4.04. The van der Waals surface area contributed by atoms with Crippen molar-refractivity contribution < 1.29 is 4.79 Å². The summed E-state index contributed by atoms with van der Waals surface area (Å²) in [5.74, 6) is 0. The molecule has 2 rings (SSSR count). The maximum atomic E-state index is 10.4. The molecular weight excluding hydrogens is 224 g/mol. The molecule has 1 aromatic heterocycles. The van der Waals surface area contributed by atoms with Gasteiger partial charge in [0.25, 0.3) is 0 Å². The second-order valence-corrected chi connectivity index (χ2v) is 4.04. The lowest BCUT2D eigenvalue weighted by Gasteiger charge is -2.09. The summed E-state index contributed by atoms with van der Waals surface area (Å²) in [7, 11) is 1.87. The number of aldehydes is 1. The fraction of sp³-hybridized carbons (Fsp3) is 0.200. The topological polar surface area (TPSA) is 42.0 Å². The van der Waals surface area contributed by atoms with Crippen molar-refractivity contribution in [3.8, 4) is 11.1 Å². The minimum Gasteiger partial charge on any atom is -0.387 e. The molecule has 0 saturated heterocycles. The molecule has 18 heavy (non-hydrogen) atoms. The summed E-state index contributed by atoms with van der Waals surface area (Å²) >= 11 is 0. The number of benzene rings is 1. The van der Waals surface area contributed by atoms with E-state index in [2.05, 4.69) is 28.5 Å². The van der Waals surface area contributed by atoms with Crippen LogP contribution in [-0.4, -0.2) is 18.3 Å². The Hall–Kier alpha value is -2.16. The van der Waals surface area contributed by atoms with Gasteiger partial charge in [-0.25, -0.2) is 0 Å². The second kappa shape index (κ2) is 5.96. The minimum atomic E-state index is 0.506. The average Bonchev–Trinajstić information content (AvgIpc) is 2.46. The van der Waals surface area contributed by atoms with Crippen LogP contribution in [0.15, 0.2) is 42.6 Å². The fourth-order valence-corrected chi connectivity index (χ4v) is 1.89. The molecule has 0 aliphatic carbocycles. The Morgan fingerprint density at radius 2 is 2.00 bits per heavy atom. The van der Waals surface area contributed by atoms with E-state index < -0.39 is 0 Å². The number of carbonyl (C=O) groups is 1. The summed E-state index contributed by atoms with van der Waals surface area (Å²) < 4.78 is 0. The normalized spacial score (nSPS) is 10.1. The number of aromatic nitrogens is 1. The van der Waals surface area contributed by atoms with E-state index in [0.717, 1.165) is 28.8 Å². The van der Waals surface area contributed by atoms with E-state index in [1.54, 1.807) is 0 Å². The van der Waals surface area contributed by atoms with Crippen molar-refractivity contribution in [1.82, 2.24) is 4.98 Å². The molecule has 0 radical (unpaired) electrons. The monoisotopic (exact) mass is 240 g/mol. The largest absolute Gasteiger partial charge is 0.387 e. The number of hydrogen-bond acceptors (Lipinski definition) is 3. The predicted octanol–water partition coefficient (Wildman–Crippen LogP) is 2.92. The first-order chi connectivity index (χ1) is 8.85. The molecule has 92 valence electrons. The Balaban J connectivity index is 2.32. The maximum Gasteiger partial charge on any atom is 0.120 e. The van der Waals surface area contributed by atoms with Gasteiger partial charge in [0.05, 0.1) is 11.4 Å². The van der Waals surface area contributed by atoms with Crippen LogP contribution in [0.25, 0.3) is 11.1 Å². The van der Waals surface area contributed by atoms with Crippen molar-refractivity contribution in [2.45, 2.75) is 12.8 Å². The van der Waals surface area contributed by atoms with Gasteiger partial charge in [-0.2, -0.15) is 0 Å². The van der Waals surface area contributed by atoms with Gasteiger partial charge in [-0.15, -0.1) is 0 Å². The first-order valence-corrected chi connectivity index (χ1v) is 6.01. The van der Waals surface area contributed by atoms with Crippen molar-refractivity contribution in [1.29, 1.82) is 0 Å². The molecule has 0 amide bonds. The van der Waals surface area contributed by atoms with Gasteiger partial charge in [0, 0.05) is 25.2 Å². The van der Waals surface area contributed by atoms with E-state index in [0.29, 0.717) is 12.8 Å². The summed E-state index contributed by atoms with van der Waals surface area (Å²) in [5, 5.41) is 3.14. The molecule has 3 heteroatoms. The number of carbonyl (C=O) groups excluding carboxylic acids is 1. The third-order valence-electron chi connectivity index (χ3n) is 2.85. The third kappa shape index (κ3) is 2.74. The predicted molar refractivity (Wildman–Crippen MR) is 73.6 cm³/mol. The highest BCUT2D eigenvalue weighted by atomic mass is 16.1. The molecule has 0 unspecified atom stereocenters. The third-order valence-corrected chi connectivity index (χ3v) is 2.85. The van der Waals surface area contributed by atoms with Crippen molar-refractivity contribution >= 4 is 12.0 Å². The minimum absolute atomic E-state index is 0.506. The van der Waals surface area contributed by atoms with Gasteiger partial charge in [0.15, 0.2) is 0 Å². The highest BCUT2D eigenvalue weighted by Gasteiger charge is 2.05. The summed E-state index contributed by atoms with van der Waals surface area (Å²) in [5.41, 5.74) is 4.14. The molecule has 2 aromatic rings. The molecule has 0 bridgehead atoms. The zero-order valence-corrected chi connectivity index (χ0v) is 10.4. The van der Waals surface area contributed by atoms with E-state index in [1.165, 1.54) is 0 Å². The van der Waals surface area contributed by atoms with Gasteiger partial charge in [0.2, 0.25) is 0 Å². The van der Waals surface area contributed by atoms with Crippen LogP contribution in [0, 0.1) is 0 Å². The zero-order valence-electron chi connectivity index (χ0n) is 10.4. The van der Waals surface area contributed by atoms with E-state index in [1.807, 2.05) is 31.4 Å². The lowest BCUT2D eigenvalue weighted by molar-refractivity contribution is -0.107. The van der Waals surface area contributed by atoms with Gasteiger partial charge in [0.1, 0.15) is 6.29 Å². The van der Waals surface area contributed by atoms with Crippen LogP contribution in [0.1, 0.15) is 12.1 Å². The van der Waals surface area contributed by atoms with Crippen LogP contribution < -0.4 is 5.32 Å². The molecule has 1 N–H and O–H groups in total. The number of pyridine rings is 1. The van der Waals surface area contributed by atoms with Gasteiger partial charge in [-0.3, -0.25) is 4.98 Å². The summed E-state index contributed by atoms with van der Waals surface area (Å²) in [4.78, 5) is 14.9. The zero-order chi connectivity index (χ0) is 12.8. The molecule has 0 atom stereocenters. The fourth-order valence-electron chi connectivity index (χ4n) is 1.89. The van der Waals surface area contributed by atoms with E-state index in [4.69, 9.17) is 0 Å². The highest BCUT2D eigenvalue weighted by molar-refractivity contribution is 5.68. The number of aryl methyl sites for hydroxylation is 1. The molecule has 3 nitrogen and oxygen atoms in total. The van der Waals surface area contributed by atoms with Gasteiger partial charge in [-0.1, -0.05) is 30.3 Å². The van der Waals surface area contributed by atoms with Crippen LogP contribution in [0.3, 0.4) is 0 Å². The summed E-state index contributed by atoms with van der Waals surface area (Å²) in [6.07, 6.45) is 3.96. The van der Waals surface area contributed by atoms with Crippen LogP contribution >= 0.6 is 0 Å². The van der Waals surface area contributed by atoms with Gasteiger partial charge < -0.3 is 10.1 Å². The van der Waals surface area contributed by atoms with Crippen molar-refractivity contribution in [2.75, 3.05) is 12.4 Å². The van der Waals surface area contributed by atoms with E-state index in [-0.39, 0.29) is 0 Å². The molecule has 0 aliphatic rings. The van der Waals surface area contributed by atoms with Crippen LogP contribution in [0.2, 0.25) is 0 Å². The number of nitrogens with zero attached hydrogens (tertiary/aromatic N) is 1. The molecular formula is C15H16N2O. The summed E-state index contributed by atoms with van der Waals surface area (Å²) in [6, 6.07) is 12.2. The van der Waals surface area contributed by atoms with Crippen molar-refractivity contribution in [3.05, 3.63) is 48.3 Å². The SMILES string of the molecule is CNc1cc(-c2ccccc2)cnc1CCC=O. The van der Waals surface area contributed by atoms with Crippen molar-refractivity contribution in [2.24, 2.45) is 0 Å². The average molecular weight is 240 g/mol. The maximum absolute atomic E-state index is 10.4. The van der Waals surface area contributed by atoms with E-state index >= 15 is 0 Å². The first kappa shape index (κ1) is 12.3. The molecule has 0 saturated carbocycles. The van der Waals surface area contributed by atoms with Crippen LogP contribution in [0.5, 0.6) is 0 Å². The number of anilines is 1. The molecule has 0 fully saturated rings. The lowest BCUT2D eigenvalue weighted by atomic mass is 10.1. The Kier molecular flexibility index (Phi) is 4.07. The quantitative estimate of drug-likeness (QED) is 0.817. The lowest BCUT2D eigenvalue weighted by Crippen LogP contribution is -2.00. The molecule has 1 aromatic carbocycles. The number of hydrogen-bond donors (Lipinski definition) is 1. The Morgan fingerprint density at radius 3 is 2.67 bits per heavy atom. The van der Waals surface area contributed by atoms with Crippen molar-refractivity contribution in [3.63, 3.8) is 0 Å². The Morgan fingerprint density at radius 1 is 1.22 bits per heavy atom. The standard InChI is InChI=1S/C15H16N2O/c1-16-15-10-13(12-6-3-2-4-7-12)11-17-14(15)8-5-9-18/h2-4,6-7,9-11,16H,5,8H2,1H3. The molecule has 0 spiro atoms. The van der Waals surface area contributed by atoms with Gasteiger partial charge in [-0.05, 0) is 18.1 Å². The number of nitrogens with one attached hydrogen (secondary N) is 1. The smallest absolute Gasteiger partial charge is 0.120 e. The number of rotatable bonds is 5. The van der Waals surface area contributed by atoms with Crippen LogP contribution in [-0.2, 0) is 11.2 Å². The van der Waals surface area contributed by atoms with E-state index in [9.17, 15) is 4.79 Å². The molecule has 1 heterocycles. The first-order valence-electron chi connectivity index (χ1n) is 6.01. The summed E-state index contributed by atoms with van der Waals surface area (Å²) in [6.45, 7) is 0. The van der Waals surface area contributed by atoms with Crippen LogP contribution in [0.4, 0.5) is 5.69 Å². The Bertz CT molecular complexity index is 523. The molecule has 0 aliphatic heterocycles. The van der Waals surface area contributed by atoms with Gasteiger partial charge >= 0.3 is 0 Å². The highest BCUT2D eigenvalue weighted by Crippen LogP contribution is 2.24. The Labute approximate surface area is 107 Å².